The Hall–Kier alpha value is -1.48. The number of aliphatic hydroxyl groups excluding tert-OH is 1. The molecular formula is C12H14O3. The Morgan fingerprint density at radius 3 is 3.27 bits per heavy atom. The molecule has 1 aliphatic heterocycles. The van der Waals surface area contributed by atoms with Crippen molar-refractivity contribution in [2.24, 2.45) is 0 Å². The Bertz CT molecular complexity index is 360. The second kappa shape index (κ2) is 4.36. The number of rotatable bonds is 4. The standard InChI is InChI=1S/C12H14O3/c1-2-3-6-14-9-4-5-10-11(13)8-15-12(10)7-9/h2,4-5,7,11,13H,1,3,6,8H2. The van der Waals surface area contributed by atoms with Gasteiger partial charge in [-0.05, 0) is 18.6 Å². The van der Waals surface area contributed by atoms with Gasteiger partial charge in [0.2, 0.25) is 0 Å². The van der Waals surface area contributed by atoms with E-state index in [1.807, 2.05) is 24.3 Å². The highest BCUT2D eigenvalue weighted by molar-refractivity contribution is 5.44. The smallest absolute Gasteiger partial charge is 0.129 e. The van der Waals surface area contributed by atoms with E-state index in [9.17, 15) is 5.11 Å². The number of hydrogen-bond donors (Lipinski definition) is 1. The first-order valence-electron chi connectivity index (χ1n) is 5.00. The summed E-state index contributed by atoms with van der Waals surface area (Å²) in [5.41, 5.74) is 0.839. The Labute approximate surface area is 88.9 Å². The summed E-state index contributed by atoms with van der Waals surface area (Å²) in [6.45, 7) is 4.58. The van der Waals surface area contributed by atoms with Crippen LogP contribution in [0.1, 0.15) is 18.1 Å². The van der Waals surface area contributed by atoms with Crippen LogP contribution in [0.4, 0.5) is 0 Å². The highest BCUT2D eigenvalue weighted by Crippen LogP contribution is 2.34. The van der Waals surface area contributed by atoms with Crippen LogP contribution in [-0.4, -0.2) is 18.3 Å². The first-order chi connectivity index (χ1) is 7.31. The molecule has 0 saturated heterocycles. The maximum Gasteiger partial charge on any atom is 0.129 e. The van der Waals surface area contributed by atoms with Crippen molar-refractivity contribution in [2.45, 2.75) is 12.5 Å². The monoisotopic (exact) mass is 206 g/mol. The Balaban J connectivity index is 2.06. The molecule has 1 atom stereocenters. The lowest BCUT2D eigenvalue weighted by Gasteiger charge is -2.06. The zero-order valence-electron chi connectivity index (χ0n) is 8.48. The molecule has 80 valence electrons. The van der Waals surface area contributed by atoms with E-state index in [-0.39, 0.29) is 0 Å². The molecule has 1 aliphatic rings. The van der Waals surface area contributed by atoms with Crippen LogP contribution in [0.25, 0.3) is 0 Å². The predicted octanol–water partition coefficient (Wildman–Crippen LogP) is 2.07. The molecule has 0 saturated carbocycles. The van der Waals surface area contributed by atoms with E-state index < -0.39 is 6.10 Å². The minimum Gasteiger partial charge on any atom is -0.493 e. The molecule has 15 heavy (non-hydrogen) atoms. The van der Waals surface area contributed by atoms with Crippen LogP contribution in [0.15, 0.2) is 30.9 Å². The van der Waals surface area contributed by atoms with E-state index in [4.69, 9.17) is 9.47 Å². The molecule has 0 aliphatic carbocycles. The van der Waals surface area contributed by atoms with E-state index in [0.29, 0.717) is 13.2 Å². The molecule has 0 amide bonds. The minimum atomic E-state index is -0.498. The fraction of sp³-hybridized carbons (Fsp3) is 0.333. The van der Waals surface area contributed by atoms with Crippen molar-refractivity contribution in [1.82, 2.24) is 0 Å². The van der Waals surface area contributed by atoms with Gasteiger partial charge >= 0.3 is 0 Å². The van der Waals surface area contributed by atoms with E-state index in [0.717, 1.165) is 23.5 Å². The van der Waals surface area contributed by atoms with Crippen molar-refractivity contribution in [3.63, 3.8) is 0 Å². The van der Waals surface area contributed by atoms with Gasteiger partial charge < -0.3 is 14.6 Å². The van der Waals surface area contributed by atoms with Gasteiger partial charge in [-0.25, -0.2) is 0 Å². The lowest BCUT2D eigenvalue weighted by molar-refractivity contribution is 0.140. The highest BCUT2D eigenvalue weighted by atomic mass is 16.5. The van der Waals surface area contributed by atoms with Gasteiger partial charge in [0.25, 0.3) is 0 Å². The SMILES string of the molecule is C=CCCOc1ccc2c(c1)OCC2O. The average Bonchev–Trinajstić information content (AvgIpc) is 2.61. The van der Waals surface area contributed by atoms with E-state index in [1.165, 1.54) is 0 Å². The summed E-state index contributed by atoms with van der Waals surface area (Å²) in [5, 5.41) is 9.51. The van der Waals surface area contributed by atoms with Gasteiger partial charge in [-0.3, -0.25) is 0 Å². The van der Waals surface area contributed by atoms with Crippen molar-refractivity contribution in [3.8, 4) is 11.5 Å². The van der Waals surface area contributed by atoms with E-state index in [2.05, 4.69) is 6.58 Å². The average molecular weight is 206 g/mol. The molecule has 1 N–H and O–H groups in total. The first kappa shape index (κ1) is 10.1. The number of aliphatic hydroxyl groups is 1. The van der Waals surface area contributed by atoms with Crippen LogP contribution in [0.5, 0.6) is 11.5 Å². The van der Waals surface area contributed by atoms with Crippen molar-refractivity contribution in [2.75, 3.05) is 13.2 Å². The van der Waals surface area contributed by atoms with Crippen molar-refractivity contribution in [1.29, 1.82) is 0 Å². The second-order valence-electron chi connectivity index (χ2n) is 3.45. The maximum atomic E-state index is 9.51. The van der Waals surface area contributed by atoms with Gasteiger partial charge in [-0.15, -0.1) is 6.58 Å². The number of benzene rings is 1. The Morgan fingerprint density at radius 2 is 2.47 bits per heavy atom. The van der Waals surface area contributed by atoms with Gasteiger partial charge in [0.1, 0.15) is 24.2 Å². The summed E-state index contributed by atoms with van der Waals surface area (Å²) in [4.78, 5) is 0. The molecule has 0 spiro atoms. The third kappa shape index (κ3) is 2.13. The van der Waals surface area contributed by atoms with Crippen LogP contribution < -0.4 is 9.47 Å². The number of fused-ring (bicyclic) bond motifs is 1. The summed E-state index contributed by atoms with van der Waals surface area (Å²) in [6, 6.07) is 5.50. The van der Waals surface area contributed by atoms with Crippen molar-refractivity contribution < 1.29 is 14.6 Å². The maximum absolute atomic E-state index is 9.51. The number of ether oxygens (including phenoxy) is 2. The molecule has 0 bridgehead atoms. The zero-order valence-corrected chi connectivity index (χ0v) is 8.48. The fourth-order valence-corrected chi connectivity index (χ4v) is 1.52. The van der Waals surface area contributed by atoms with Gasteiger partial charge in [0.05, 0.1) is 6.61 Å². The molecule has 0 aromatic heterocycles. The molecule has 3 heteroatoms. The first-order valence-corrected chi connectivity index (χ1v) is 5.00. The molecule has 1 aromatic carbocycles. The largest absolute Gasteiger partial charge is 0.493 e. The normalized spacial score (nSPS) is 18.1. The van der Waals surface area contributed by atoms with Crippen LogP contribution in [-0.2, 0) is 0 Å². The van der Waals surface area contributed by atoms with E-state index >= 15 is 0 Å². The third-order valence-electron chi connectivity index (χ3n) is 2.33. The quantitative estimate of drug-likeness (QED) is 0.605. The van der Waals surface area contributed by atoms with E-state index in [1.54, 1.807) is 0 Å². The molecule has 2 rings (SSSR count). The van der Waals surface area contributed by atoms with Crippen molar-refractivity contribution >= 4 is 0 Å². The molecule has 1 aromatic rings. The van der Waals surface area contributed by atoms with Gasteiger partial charge in [0, 0.05) is 11.6 Å². The summed E-state index contributed by atoms with van der Waals surface area (Å²) < 4.78 is 10.8. The van der Waals surface area contributed by atoms with Crippen LogP contribution in [0.3, 0.4) is 0 Å². The van der Waals surface area contributed by atoms with Crippen LogP contribution in [0, 0.1) is 0 Å². The van der Waals surface area contributed by atoms with Gasteiger partial charge in [-0.1, -0.05) is 6.08 Å². The lowest BCUT2D eigenvalue weighted by Crippen LogP contribution is -1.97. The summed E-state index contributed by atoms with van der Waals surface area (Å²) in [7, 11) is 0. The highest BCUT2D eigenvalue weighted by Gasteiger charge is 2.21. The Morgan fingerprint density at radius 1 is 1.60 bits per heavy atom. The van der Waals surface area contributed by atoms with Crippen molar-refractivity contribution in [3.05, 3.63) is 36.4 Å². The molecule has 0 radical (unpaired) electrons. The summed E-state index contributed by atoms with van der Waals surface area (Å²) >= 11 is 0. The minimum absolute atomic E-state index is 0.339. The third-order valence-corrected chi connectivity index (χ3v) is 2.33. The predicted molar refractivity (Wildman–Crippen MR) is 57.2 cm³/mol. The lowest BCUT2D eigenvalue weighted by atomic mass is 10.1. The summed E-state index contributed by atoms with van der Waals surface area (Å²) in [6.07, 6.45) is 2.14. The number of hydrogen-bond acceptors (Lipinski definition) is 3. The topological polar surface area (TPSA) is 38.7 Å². The zero-order chi connectivity index (χ0) is 10.7. The van der Waals surface area contributed by atoms with Gasteiger partial charge in [-0.2, -0.15) is 0 Å². The molecule has 0 fully saturated rings. The molecule has 1 unspecified atom stereocenters. The fourth-order valence-electron chi connectivity index (χ4n) is 1.52. The molecule has 3 nitrogen and oxygen atoms in total. The molecular weight excluding hydrogens is 192 g/mol. The van der Waals surface area contributed by atoms with Crippen LogP contribution in [0.2, 0.25) is 0 Å². The van der Waals surface area contributed by atoms with Gasteiger partial charge in [0.15, 0.2) is 0 Å². The second-order valence-corrected chi connectivity index (χ2v) is 3.45. The summed E-state index contributed by atoms with van der Waals surface area (Å²) in [5.74, 6) is 1.49. The molecule has 1 heterocycles. The Kier molecular flexibility index (Phi) is 2.92. The van der Waals surface area contributed by atoms with Crippen LogP contribution >= 0.6 is 0 Å².